The van der Waals surface area contributed by atoms with E-state index < -0.39 is 16.1 Å². The molecule has 4 rings (SSSR count). The van der Waals surface area contributed by atoms with Crippen molar-refractivity contribution < 1.29 is 24.0 Å². The lowest BCUT2D eigenvalue weighted by Gasteiger charge is -2.15. The van der Waals surface area contributed by atoms with Crippen molar-refractivity contribution in [1.82, 2.24) is 4.90 Å². The van der Waals surface area contributed by atoms with Crippen LogP contribution in [0.5, 0.6) is 11.5 Å². The maximum atomic E-state index is 13.0. The molecule has 0 spiro atoms. The number of halogens is 3. The Hall–Kier alpha value is -2.80. The zero-order chi connectivity index (χ0) is 27.4. The first-order valence-electron chi connectivity index (χ1n) is 11.2. The predicted molar refractivity (Wildman–Crippen MR) is 156 cm³/mol. The van der Waals surface area contributed by atoms with Crippen LogP contribution in [0.1, 0.15) is 23.6 Å². The topological polar surface area (TPSA) is 99.0 Å². The smallest absolute Gasteiger partial charge is 0.293 e. The van der Waals surface area contributed by atoms with Crippen LogP contribution in [0.25, 0.3) is 6.08 Å². The van der Waals surface area contributed by atoms with Crippen molar-refractivity contribution >= 4 is 80.5 Å². The average Bonchev–Trinajstić information content (AvgIpc) is 3.12. The molecule has 196 valence electrons. The summed E-state index contributed by atoms with van der Waals surface area (Å²) < 4.78 is 12.6. The SMILES string of the molecule is CCOc1cc(/C=C2/SC(=O)N(Cc3ccccc3[N+](=O)[O-])C2=O)cc(I)c1OCc1ccc(Cl)cc1Cl. The number of thioether (sulfide) groups is 1. The summed E-state index contributed by atoms with van der Waals surface area (Å²) in [6.45, 7) is 2.22. The molecule has 0 aliphatic carbocycles. The molecule has 1 heterocycles. The first kappa shape index (κ1) is 28.2. The van der Waals surface area contributed by atoms with Crippen molar-refractivity contribution in [3.05, 3.63) is 99.9 Å². The summed E-state index contributed by atoms with van der Waals surface area (Å²) in [5.74, 6) is 0.457. The van der Waals surface area contributed by atoms with Crippen LogP contribution in [-0.2, 0) is 17.9 Å². The summed E-state index contributed by atoms with van der Waals surface area (Å²) >= 11 is 15.1. The molecule has 3 aromatic carbocycles. The lowest BCUT2D eigenvalue weighted by Crippen LogP contribution is -2.27. The lowest BCUT2D eigenvalue weighted by atomic mass is 10.1. The molecular weight excluding hydrogens is 666 g/mol. The van der Waals surface area contributed by atoms with Gasteiger partial charge in [0.1, 0.15) is 6.61 Å². The maximum Gasteiger partial charge on any atom is 0.293 e. The zero-order valence-electron chi connectivity index (χ0n) is 19.8. The highest BCUT2D eigenvalue weighted by molar-refractivity contribution is 14.1. The molecule has 1 aliphatic heterocycles. The Labute approximate surface area is 246 Å². The summed E-state index contributed by atoms with van der Waals surface area (Å²) in [5.41, 5.74) is 1.51. The van der Waals surface area contributed by atoms with Gasteiger partial charge in [-0.05, 0) is 77.2 Å². The number of carbonyl (C=O) groups excluding carboxylic acids is 2. The van der Waals surface area contributed by atoms with E-state index in [4.69, 9.17) is 32.7 Å². The predicted octanol–water partition coefficient (Wildman–Crippen LogP) is 7.72. The van der Waals surface area contributed by atoms with Crippen LogP contribution >= 0.6 is 57.6 Å². The minimum atomic E-state index is -0.536. The third-order valence-electron chi connectivity index (χ3n) is 5.41. The van der Waals surface area contributed by atoms with Gasteiger partial charge in [0, 0.05) is 27.2 Å². The number of benzene rings is 3. The van der Waals surface area contributed by atoms with Gasteiger partial charge in [-0.25, -0.2) is 0 Å². The average molecular weight is 685 g/mol. The Morgan fingerprint density at radius 3 is 2.55 bits per heavy atom. The van der Waals surface area contributed by atoms with Crippen LogP contribution in [0.15, 0.2) is 59.5 Å². The summed E-state index contributed by atoms with van der Waals surface area (Å²) in [4.78, 5) is 37.7. The molecule has 2 amide bonds. The summed E-state index contributed by atoms with van der Waals surface area (Å²) in [7, 11) is 0. The van der Waals surface area contributed by atoms with Gasteiger partial charge in [-0.15, -0.1) is 0 Å². The Morgan fingerprint density at radius 2 is 1.84 bits per heavy atom. The van der Waals surface area contributed by atoms with Crippen LogP contribution in [0, 0.1) is 13.7 Å². The van der Waals surface area contributed by atoms with Crippen molar-refractivity contribution in [2.45, 2.75) is 20.1 Å². The second-order valence-corrected chi connectivity index (χ2v) is 10.9. The molecule has 0 aromatic heterocycles. The van der Waals surface area contributed by atoms with Gasteiger partial charge < -0.3 is 9.47 Å². The Morgan fingerprint density at radius 1 is 1.08 bits per heavy atom. The molecule has 0 unspecified atom stereocenters. The number of nitrogens with zero attached hydrogens (tertiary/aromatic N) is 2. The molecule has 38 heavy (non-hydrogen) atoms. The summed E-state index contributed by atoms with van der Waals surface area (Å²) in [6.07, 6.45) is 1.59. The van der Waals surface area contributed by atoms with Gasteiger partial charge in [-0.3, -0.25) is 24.6 Å². The number of amides is 2. The largest absolute Gasteiger partial charge is 0.490 e. The number of para-hydroxylation sites is 1. The van der Waals surface area contributed by atoms with Crippen molar-refractivity contribution in [2.24, 2.45) is 0 Å². The molecule has 0 N–H and O–H groups in total. The van der Waals surface area contributed by atoms with Crippen LogP contribution in [0.3, 0.4) is 0 Å². The van der Waals surface area contributed by atoms with Gasteiger partial charge in [0.25, 0.3) is 16.8 Å². The van der Waals surface area contributed by atoms with E-state index in [0.717, 1.165) is 25.8 Å². The van der Waals surface area contributed by atoms with E-state index in [0.29, 0.717) is 33.7 Å². The molecule has 12 heteroatoms. The van der Waals surface area contributed by atoms with Crippen molar-refractivity contribution in [3.63, 3.8) is 0 Å². The van der Waals surface area contributed by atoms with Crippen molar-refractivity contribution in [1.29, 1.82) is 0 Å². The van der Waals surface area contributed by atoms with Gasteiger partial charge in [0.2, 0.25) is 0 Å². The third-order valence-corrected chi connectivity index (χ3v) is 7.70. The van der Waals surface area contributed by atoms with E-state index >= 15 is 0 Å². The number of nitro benzene ring substituents is 1. The summed E-state index contributed by atoms with van der Waals surface area (Å²) in [6, 6.07) is 14.7. The normalized spacial score (nSPS) is 14.3. The van der Waals surface area contributed by atoms with E-state index in [-0.39, 0.29) is 29.3 Å². The van der Waals surface area contributed by atoms with E-state index in [9.17, 15) is 19.7 Å². The second-order valence-electron chi connectivity index (χ2n) is 7.94. The first-order chi connectivity index (χ1) is 18.2. The highest BCUT2D eigenvalue weighted by Gasteiger charge is 2.36. The zero-order valence-corrected chi connectivity index (χ0v) is 24.3. The maximum absolute atomic E-state index is 13.0. The number of hydrogen-bond donors (Lipinski definition) is 0. The Balaban J connectivity index is 1.57. The fraction of sp³-hybridized carbons (Fsp3) is 0.154. The number of ether oxygens (including phenoxy) is 2. The van der Waals surface area contributed by atoms with Gasteiger partial charge in [0.05, 0.1) is 26.6 Å². The number of rotatable bonds is 9. The highest BCUT2D eigenvalue weighted by Crippen LogP contribution is 2.39. The van der Waals surface area contributed by atoms with Crippen LogP contribution in [-0.4, -0.2) is 27.6 Å². The van der Waals surface area contributed by atoms with Crippen LogP contribution in [0.2, 0.25) is 10.0 Å². The molecule has 8 nitrogen and oxygen atoms in total. The van der Waals surface area contributed by atoms with E-state index in [1.165, 1.54) is 18.2 Å². The van der Waals surface area contributed by atoms with Gasteiger partial charge in [-0.2, -0.15) is 0 Å². The molecule has 0 saturated carbocycles. The first-order valence-corrected chi connectivity index (χ1v) is 13.8. The van der Waals surface area contributed by atoms with Crippen molar-refractivity contribution in [2.75, 3.05) is 6.61 Å². The Bertz CT molecular complexity index is 1470. The number of imide groups is 1. The second kappa shape index (κ2) is 12.4. The number of nitro groups is 1. The monoisotopic (exact) mass is 684 g/mol. The molecule has 0 radical (unpaired) electrons. The molecule has 0 atom stereocenters. The summed E-state index contributed by atoms with van der Waals surface area (Å²) in [5, 5.41) is 11.8. The van der Waals surface area contributed by atoms with E-state index in [1.807, 2.05) is 6.92 Å². The highest BCUT2D eigenvalue weighted by atomic mass is 127. The molecule has 3 aromatic rings. The van der Waals surface area contributed by atoms with Crippen LogP contribution < -0.4 is 9.47 Å². The number of carbonyl (C=O) groups is 2. The van der Waals surface area contributed by atoms with E-state index in [2.05, 4.69) is 22.6 Å². The standard InChI is InChI=1S/C26H19Cl2IN2O6S/c1-2-36-22-10-15(9-20(29)24(22)37-14-17-7-8-18(27)12-19(17)28)11-23-25(32)30(26(33)38-23)13-16-5-3-4-6-21(16)31(34)35/h3-12H,2,13-14H2,1H3/b23-11+. The van der Waals surface area contributed by atoms with Gasteiger partial charge >= 0.3 is 0 Å². The Kier molecular flexibility index (Phi) is 9.19. The third kappa shape index (κ3) is 6.42. The quantitative estimate of drug-likeness (QED) is 0.0985. The fourth-order valence-corrected chi connectivity index (χ4v) is 5.73. The molecule has 1 saturated heterocycles. The van der Waals surface area contributed by atoms with E-state index in [1.54, 1.807) is 42.5 Å². The molecule has 1 aliphatic rings. The fourth-order valence-electron chi connectivity index (χ4n) is 3.64. The van der Waals surface area contributed by atoms with Gasteiger partial charge in [-0.1, -0.05) is 47.5 Å². The minimum Gasteiger partial charge on any atom is -0.490 e. The lowest BCUT2D eigenvalue weighted by molar-refractivity contribution is -0.385. The molecule has 0 bridgehead atoms. The van der Waals surface area contributed by atoms with Gasteiger partial charge in [0.15, 0.2) is 11.5 Å². The molecular formula is C26H19Cl2IN2O6S. The minimum absolute atomic E-state index is 0.151. The number of hydrogen-bond acceptors (Lipinski definition) is 7. The van der Waals surface area contributed by atoms with Crippen LogP contribution in [0.4, 0.5) is 10.5 Å². The van der Waals surface area contributed by atoms with Crippen molar-refractivity contribution in [3.8, 4) is 11.5 Å². The molecule has 1 fully saturated rings.